The molecule has 0 bridgehead atoms. The van der Waals surface area contributed by atoms with Crippen molar-refractivity contribution in [2.24, 2.45) is 0 Å². The van der Waals surface area contributed by atoms with E-state index in [0.717, 1.165) is 29.9 Å². The molecule has 0 saturated heterocycles. The van der Waals surface area contributed by atoms with E-state index in [1.54, 1.807) is 14.2 Å². The molecule has 2 rings (SSSR count). The van der Waals surface area contributed by atoms with E-state index in [0.29, 0.717) is 18.6 Å². The van der Waals surface area contributed by atoms with Gasteiger partial charge >= 0.3 is 0 Å². The van der Waals surface area contributed by atoms with Crippen LogP contribution in [0.4, 0.5) is 0 Å². The van der Waals surface area contributed by atoms with Gasteiger partial charge in [0.15, 0.2) is 0 Å². The van der Waals surface area contributed by atoms with Crippen molar-refractivity contribution in [2.45, 2.75) is 31.6 Å². The number of rotatable bonds is 3. The normalized spacial score (nSPS) is 20.1. The van der Waals surface area contributed by atoms with Gasteiger partial charge in [0.2, 0.25) is 0 Å². The fraction of sp³-hybridized carbons (Fsp3) is 0.500. The third-order valence-corrected chi connectivity index (χ3v) is 3.36. The molecule has 0 heterocycles. The predicted octanol–water partition coefficient (Wildman–Crippen LogP) is 2.93. The Morgan fingerprint density at radius 3 is 2.35 bits per heavy atom. The second-order valence-corrected chi connectivity index (χ2v) is 4.41. The maximum Gasteiger partial charge on any atom is 0.133 e. The summed E-state index contributed by atoms with van der Waals surface area (Å²) in [6.45, 7) is 0. The second kappa shape index (κ2) is 5.21. The minimum Gasteiger partial charge on any atom is -0.496 e. The first kappa shape index (κ1) is 12.0. The van der Waals surface area contributed by atoms with Crippen molar-refractivity contribution >= 4 is 5.78 Å². The lowest BCUT2D eigenvalue weighted by molar-refractivity contribution is -0.120. The molecule has 0 aromatic heterocycles. The van der Waals surface area contributed by atoms with Crippen LogP contribution in [0, 0.1) is 0 Å². The number of carbonyl (C=O) groups is 1. The second-order valence-electron chi connectivity index (χ2n) is 4.41. The molecule has 0 radical (unpaired) electrons. The van der Waals surface area contributed by atoms with E-state index in [1.165, 1.54) is 0 Å². The molecule has 0 aliphatic heterocycles. The minimum absolute atomic E-state index is 0.238. The van der Waals surface area contributed by atoms with Crippen molar-refractivity contribution in [2.75, 3.05) is 14.2 Å². The first-order chi connectivity index (χ1) is 8.26. The summed E-state index contributed by atoms with van der Waals surface area (Å²) in [6.07, 6.45) is 3.32. The topological polar surface area (TPSA) is 35.5 Å². The van der Waals surface area contributed by atoms with E-state index in [-0.39, 0.29) is 5.92 Å². The van der Waals surface area contributed by atoms with Crippen LogP contribution >= 0.6 is 0 Å². The van der Waals surface area contributed by atoms with E-state index in [4.69, 9.17) is 9.47 Å². The summed E-state index contributed by atoms with van der Waals surface area (Å²) in [4.78, 5) is 11.6. The molecule has 1 aliphatic carbocycles. The third-order valence-electron chi connectivity index (χ3n) is 3.36. The number of hydrogen-bond acceptors (Lipinski definition) is 3. The van der Waals surface area contributed by atoms with E-state index >= 15 is 0 Å². The summed E-state index contributed by atoms with van der Waals surface area (Å²) in [5.74, 6) is 2.23. The Morgan fingerprint density at radius 2 is 1.82 bits per heavy atom. The molecular weight excluding hydrogens is 216 g/mol. The number of benzene rings is 1. The monoisotopic (exact) mass is 234 g/mol. The zero-order valence-electron chi connectivity index (χ0n) is 10.4. The summed E-state index contributed by atoms with van der Waals surface area (Å²) in [6, 6.07) is 5.76. The first-order valence-corrected chi connectivity index (χ1v) is 5.99. The standard InChI is InChI=1S/C14H18O3/c1-16-12-7-4-8-13(17-2)14(12)10-5-3-6-11(15)9-10/h4,7-8,10H,3,5-6,9H2,1-2H3. The number of methoxy groups -OCH3 is 2. The van der Waals surface area contributed by atoms with Crippen molar-refractivity contribution in [3.8, 4) is 11.5 Å². The van der Waals surface area contributed by atoms with Crippen LogP contribution in [-0.4, -0.2) is 20.0 Å². The Morgan fingerprint density at radius 1 is 1.18 bits per heavy atom. The molecule has 92 valence electrons. The van der Waals surface area contributed by atoms with Crippen molar-refractivity contribution in [3.05, 3.63) is 23.8 Å². The van der Waals surface area contributed by atoms with E-state index in [9.17, 15) is 4.79 Å². The minimum atomic E-state index is 0.238. The van der Waals surface area contributed by atoms with Gasteiger partial charge in [0, 0.05) is 18.4 Å². The average Bonchev–Trinajstić information content (AvgIpc) is 2.37. The highest BCUT2D eigenvalue weighted by molar-refractivity contribution is 5.80. The maximum atomic E-state index is 11.6. The number of carbonyl (C=O) groups excluding carboxylic acids is 1. The molecule has 1 aromatic carbocycles. The Kier molecular flexibility index (Phi) is 3.67. The Balaban J connectivity index is 2.37. The quantitative estimate of drug-likeness (QED) is 0.806. The smallest absolute Gasteiger partial charge is 0.133 e. The molecular formula is C14H18O3. The van der Waals surface area contributed by atoms with Crippen molar-refractivity contribution in [1.82, 2.24) is 0 Å². The molecule has 3 nitrogen and oxygen atoms in total. The first-order valence-electron chi connectivity index (χ1n) is 5.99. The van der Waals surface area contributed by atoms with E-state index in [1.807, 2.05) is 18.2 Å². The summed E-state index contributed by atoms with van der Waals surface area (Å²) < 4.78 is 10.8. The fourth-order valence-electron chi connectivity index (χ4n) is 2.55. The summed E-state index contributed by atoms with van der Waals surface area (Å²) in [5, 5.41) is 0. The van der Waals surface area contributed by atoms with Crippen LogP contribution in [-0.2, 0) is 4.79 Å². The van der Waals surface area contributed by atoms with Crippen molar-refractivity contribution < 1.29 is 14.3 Å². The summed E-state index contributed by atoms with van der Waals surface area (Å²) in [7, 11) is 3.31. The van der Waals surface area contributed by atoms with Gasteiger partial charge in [0.05, 0.1) is 14.2 Å². The number of ketones is 1. The molecule has 1 aromatic rings. The lowest BCUT2D eigenvalue weighted by atomic mass is 9.82. The van der Waals surface area contributed by atoms with Gasteiger partial charge in [-0.15, -0.1) is 0 Å². The van der Waals surface area contributed by atoms with Crippen LogP contribution in [0.2, 0.25) is 0 Å². The zero-order valence-corrected chi connectivity index (χ0v) is 10.4. The van der Waals surface area contributed by atoms with Crippen LogP contribution in [0.15, 0.2) is 18.2 Å². The van der Waals surface area contributed by atoms with Crippen molar-refractivity contribution in [3.63, 3.8) is 0 Å². The van der Waals surface area contributed by atoms with Crippen LogP contribution in [0.3, 0.4) is 0 Å². The van der Waals surface area contributed by atoms with Crippen LogP contribution in [0.1, 0.15) is 37.2 Å². The largest absolute Gasteiger partial charge is 0.496 e. The van der Waals surface area contributed by atoms with Gasteiger partial charge < -0.3 is 9.47 Å². The summed E-state index contributed by atoms with van der Waals surface area (Å²) >= 11 is 0. The Hall–Kier alpha value is -1.51. The van der Waals surface area contributed by atoms with E-state index < -0.39 is 0 Å². The average molecular weight is 234 g/mol. The van der Waals surface area contributed by atoms with E-state index in [2.05, 4.69) is 0 Å². The lowest BCUT2D eigenvalue weighted by Crippen LogP contribution is -2.15. The van der Waals surface area contributed by atoms with Gasteiger partial charge in [-0.1, -0.05) is 6.07 Å². The van der Waals surface area contributed by atoms with Gasteiger partial charge in [0.25, 0.3) is 0 Å². The van der Waals surface area contributed by atoms with Gasteiger partial charge in [-0.05, 0) is 30.9 Å². The molecule has 1 atom stereocenters. The zero-order chi connectivity index (χ0) is 12.3. The SMILES string of the molecule is COc1cccc(OC)c1C1CCCC(=O)C1. The van der Waals surface area contributed by atoms with Gasteiger partial charge in [-0.3, -0.25) is 4.79 Å². The third kappa shape index (κ3) is 2.43. The van der Waals surface area contributed by atoms with Crippen molar-refractivity contribution in [1.29, 1.82) is 0 Å². The molecule has 17 heavy (non-hydrogen) atoms. The highest BCUT2D eigenvalue weighted by Gasteiger charge is 2.26. The number of Topliss-reactive ketones (excluding diaryl/α,β-unsaturated/α-hetero) is 1. The van der Waals surface area contributed by atoms with Gasteiger partial charge in [0.1, 0.15) is 17.3 Å². The van der Waals surface area contributed by atoms with Crippen LogP contribution in [0.5, 0.6) is 11.5 Å². The predicted molar refractivity (Wildman–Crippen MR) is 65.8 cm³/mol. The highest BCUT2D eigenvalue weighted by Crippen LogP contribution is 2.41. The lowest BCUT2D eigenvalue weighted by Gasteiger charge is -2.24. The number of ether oxygens (including phenoxy) is 2. The molecule has 0 spiro atoms. The molecule has 1 saturated carbocycles. The molecule has 0 amide bonds. The molecule has 1 unspecified atom stereocenters. The van der Waals surface area contributed by atoms with Crippen LogP contribution < -0.4 is 9.47 Å². The maximum absolute atomic E-state index is 11.6. The molecule has 0 N–H and O–H groups in total. The number of hydrogen-bond donors (Lipinski definition) is 0. The highest BCUT2D eigenvalue weighted by atomic mass is 16.5. The van der Waals surface area contributed by atoms with Gasteiger partial charge in [-0.2, -0.15) is 0 Å². The van der Waals surface area contributed by atoms with Crippen LogP contribution in [0.25, 0.3) is 0 Å². The summed E-state index contributed by atoms with van der Waals surface area (Å²) in [5.41, 5.74) is 1.05. The Bertz CT molecular complexity index is 390. The molecule has 1 aliphatic rings. The molecule has 1 fully saturated rings. The molecule has 3 heteroatoms. The fourth-order valence-corrected chi connectivity index (χ4v) is 2.55. The van der Waals surface area contributed by atoms with Gasteiger partial charge in [-0.25, -0.2) is 0 Å². The Labute approximate surface area is 102 Å².